The van der Waals surface area contributed by atoms with E-state index in [0.29, 0.717) is 22.4 Å². The lowest BCUT2D eigenvalue weighted by Crippen LogP contribution is -2.11. The number of rotatable bonds is 5. The first-order valence-electron chi connectivity index (χ1n) is 5.18. The molecule has 0 saturated heterocycles. The van der Waals surface area contributed by atoms with Gasteiger partial charge in [-0.3, -0.25) is 0 Å². The Morgan fingerprint density at radius 1 is 1.24 bits per heavy atom. The van der Waals surface area contributed by atoms with E-state index in [-0.39, 0.29) is 19.6 Å². The molecule has 0 aliphatic heterocycles. The van der Waals surface area contributed by atoms with Crippen LogP contribution in [0.5, 0.6) is 5.75 Å². The maximum absolute atomic E-state index is 11.6. The Kier molecular flexibility index (Phi) is 4.93. The fourth-order valence-corrected chi connectivity index (χ4v) is 1.73. The summed E-state index contributed by atoms with van der Waals surface area (Å²) in [5.41, 5.74) is 1.40. The van der Waals surface area contributed by atoms with Crippen molar-refractivity contribution in [2.45, 2.75) is 13.0 Å². The van der Waals surface area contributed by atoms with Gasteiger partial charge in [-0.1, -0.05) is 0 Å². The number of methoxy groups -OCH3 is 2. The molecular weight excluding hydrogens is 224 g/mol. The third-order valence-corrected chi connectivity index (χ3v) is 2.53. The van der Waals surface area contributed by atoms with E-state index in [9.17, 15) is 9.90 Å². The number of aliphatic hydroxyl groups is 2. The maximum atomic E-state index is 11.6. The monoisotopic (exact) mass is 240 g/mol. The Bertz CT molecular complexity index is 400. The standard InChI is InChI=1S/C12H16O5/c1-16-11-4-3-9(12(15)17-2)8(5-6-13)10(11)7-14/h3-4,13-14H,5-7H2,1-2H3. The summed E-state index contributed by atoms with van der Waals surface area (Å²) in [6.45, 7) is -0.381. The molecule has 0 atom stereocenters. The van der Waals surface area contributed by atoms with Gasteiger partial charge in [-0.25, -0.2) is 4.79 Å². The Labute approximate surface area is 99.6 Å². The lowest BCUT2D eigenvalue weighted by Gasteiger charge is -2.14. The highest BCUT2D eigenvalue weighted by atomic mass is 16.5. The zero-order valence-corrected chi connectivity index (χ0v) is 9.90. The normalized spacial score (nSPS) is 10.1. The Morgan fingerprint density at radius 2 is 1.94 bits per heavy atom. The van der Waals surface area contributed by atoms with E-state index in [1.807, 2.05) is 0 Å². The summed E-state index contributed by atoms with van der Waals surface area (Å²) < 4.78 is 9.75. The van der Waals surface area contributed by atoms with E-state index in [4.69, 9.17) is 9.84 Å². The first-order chi connectivity index (χ1) is 8.19. The van der Waals surface area contributed by atoms with E-state index < -0.39 is 5.97 Å². The van der Waals surface area contributed by atoms with Gasteiger partial charge in [-0.2, -0.15) is 0 Å². The summed E-state index contributed by atoms with van der Waals surface area (Å²) in [4.78, 5) is 11.6. The zero-order chi connectivity index (χ0) is 12.8. The molecule has 94 valence electrons. The van der Waals surface area contributed by atoms with E-state index >= 15 is 0 Å². The number of carbonyl (C=O) groups is 1. The number of carbonyl (C=O) groups excluding carboxylic acids is 1. The molecule has 0 amide bonds. The lowest BCUT2D eigenvalue weighted by molar-refractivity contribution is 0.0599. The molecule has 0 aliphatic rings. The minimum Gasteiger partial charge on any atom is -0.496 e. The molecule has 5 heteroatoms. The van der Waals surface area contributed by atoms with Crippen molar-refractivity contribution in [3.05, 3.63) is 28.8 Å². The van der Waals surface area contributed by atoms with Crippen LogP contribution in [0.2, 0.25) is 0 Å². The highest BCUT2D eigenvalue weighted by Gasteiger charge is 2.18. The topological polar surface area (TPSA) is 76.0 Å². The largest absolute Gasteiger partial charge is 0.496 e. The second kappa shape index (κ2) is 6.22. The summed E-state index contributed by atoms with van der Waals surface area (Å²) in [5, 5.41) is 18.3. The minimum absolute atomic E-state index is 0.121. The molecule has 0 unspecified atom stereocenters. The lowest BCUT2D eigenvalue weighted by atomic mass is 9.97. The number of hydrogen-bond donors (Lipinski definition) is 2. The summed E-state index contributed by atoms with van der Waals surface area (Å²) >= 11 is 0. The molecule has 1 aromatic rings. The molecule has 1 rings (SSSR count). The van der Waals surface area contributed by atoms with Crippen LogP contribution in [0.15, 0.2) is 12.1 Å². The molecule has 0 spiro atoms. The summed E-state index contributed by atoms with van der Waals surface area (Å²) in [7, 11) is 2.77. The SMILES string of the molecule is COC(=O)c1ccc(OC)c(CO)c1CCO. The minimum atomic E-state index is -0.495. The second-order valence-corrected chi connectivity index (χ2v) is 3.40. The van der Waals surface area contributed by atoms with Crippen LogP contribution in [-0.4, -0.2) is 37.0 Å². The van der Waals surface area contributed by atoms with Crippen LogP contribution in [-0.2, 0) is 17.8 Å². The van der Waals surface area contributed by atoms with Crippen molar-refractivity contribution in [3.8, 4) is 5.75 Å². The van der Waals surface area contributed by atoms with Crippen LogP contribution in [0.3, 0.4) is 0 Å². The number of aliphatic hydroxyl groups excluding tert-OH is 2. The molecule has 0 bridgehead atoms. The molecule has 0 fully saturated rings. The van der Waals surface area contributed by atoms with Gasteiger partial charge in [0, 0.05) is 12.2 Å². The Morgan fingerprint density at radius 3 is 2.41 bits per heavy atom. The maximum Gasteiger partial charge on any atom is 0.338 e. The Hall–Kier alpha value is -1.59. The van der Waals surface area contributed by atoms with Crippen LogP contribution in [0.1, 0.15) is 21.5 Å². The second-order valence-electron chi connectivity index (χ2n) is 3.40. The zero-order valence-electron chi connectivity index (χ0n) is 9.90. The highest BCUT2D eigenvalue weighted by Crippen LogP contribution is 2.26. The van der Waals surface area contributed by atoms with Gasteiger partial charge >= 0.3 is 5.97 Å². The van der Waals surface area contributed by atoms with Crippen molar-refractivity contribution in [1.82, 2.24) is 0 Å². The molecule has 1 aromatic carbocycles. The van der Waals surface area contributed by atoms with E-state index in [1.54, 1.807) is 12.1 Å². The third-order valence-electron chi connectivity index (χ3n) is 2.53. The van der Waals surface area contributed by atoms with Crippen molar-refractivity contribution >= 4 is 5.97 Å². The van der Waals surface area contributed by atoms with Gasteiger partial charge in [0.2, 0.25) is 0 Å². The van der Waals surface area contributed by atoms with Crippen LogP contribution < -0.4 is 4.74 Å². The van der Waals surface area contributed by atoms with Gasteiger partial charge in [0.1, 0.15) is 5.75 Å². The predicted octanol–water partition coefficient (Wildman–Crippen LogP) is 0.509. The smallest absolute Gasteiger partial charge is 0.338 e. The first-order valence-corrected chi connectivity index (χ1v) is 5.18. The quantitative estimate of drug-likeness (QED) is 0.733. The van der Waals surface area contributed by atoms with Crippen molar-refractivity contribution in [3.63, 3.8) is 0 Å². The van der Waals surface area contributed by atoms with E-state index in [1.165, 1.54) is 14.2 Å². The van der Waals surface area contributed by atoms with Gasteiger partial charge in [-0.15, -0.1) is 0 Å². The van der Waals surface area contributed by atoms with Crippen LogP contribution in [0.4, 0.5) is 0 Å². The van der Waals surface area contributed by atoms with E-state index in [0.717, 1.165) is 0 Å². The average molecular weight is 240 g/mol. The van der Waals surface area contributed by atoms with Gasteiger partial charge < -0.3 is 19.7 Å². The molecule has 17 heavy (non-hydrogen) atoms. The number of ether oxygens (including phenoxy) is 2. The summed E-state index contributed by atoms with van der Waals surface area (Å²) in [5.74, 6) is -0.00518. The van der Waals surface area contributed by atoms with Crippen molar-refractivity contribution in [2.24, 2.45) is 0 Å². The summed E-state index contributed by atoms with van der Waals surface area (Å²) in [6.07, 6.45) is 0.261. The fourth-order valence-electron chi connectivity index (χ4n) is 1.73. The molecular formula is C12H16O5. The van der Waals surface area contributed by atoms with Crippen molar-refractivity contribution < 1.29 is 24.5 Å². The van der Waals surface area contributed by atoms with Crippen molar-refractivity contribution in [1.29, 1.82) is 0 Å². The molecule has 0 saturated carbocycles. The Balaban J connectivity index is 3.35. The van der Waals surface area contributed by atoms with Gasteiger partial charge in [0.05, 0.1) is 26.4 Å². The van der Waals surface area contributed by atoms with Gasteiger partial charge in [-0.05, 0) is 24.1 Å². The number of esters is 1. The van der Waals surface area contributed by atoms with Crippen LogP contribution in [0.25, 0.3) is 0 Å². The third kappa shape index (κ3) is 2.75. The van der Waals surface area contributed by atoms with Crippen LogP contribution in [0, 0.1) is 0 Å². The first kappa shape index (κ1) is 13.5. The fraction of sp³-hybridized carbons (Fsp3) is 0.417. The summed E-state index contributed by atoms with van der Waals surface area (Å²) in [6, 6.07) is 3.16. The predicted molar refractivity (Wildman–Crippen MR) is 61.0 cm³/mol. The molecule has 2 N–H and O–H groups in total. The van der Waals surface area contributed by atoms with Crippen molar-refractivity contribution in [2.75, 3.05) is 20.8 Å². The van der Waals surface area contributed by atoms with Gasteiger partial charge in [0.15, 0.2) is 0 Å². The molecule has 0 aliphatic carbocycles. The van der Waals surface area contributed by atoms with E-state index in [2.05, 4.69) is 4.74 Å². The average Bonchev–Trinajstić information content (AvgIpc) is 2.37. The number of hydrogen-bond acceptors (Lipinski definition) is 5. The molecule has 5 nitrogen and oxygen atoms in total. The molecule has 0 aromatic heterocycles. The highest BCUT2D eigenvalue weighted by molar-refractivity contribution is 5.91. The number of benzene rings is 1. The molecule has 0 radical (unpaired) electrons. The van der Waals surface area contributed by atoms with Crippen LogP contribution >= 0.6 is 0 Å². The van der Waals surface area contributed by atoms with Gasteiger partial charge in [0.25, 0.3) is 0 Å². The molecule has 0 heterocycles.